The van der Waals surface area contributed by atoms with Crippen molar-refractivity contribution in [3.8, 4) is 16.8 Å². The smallest absolute Gasteiger partial charge is 0.258 e. The lowest BCUT2D eigenvalue weighted by Crippen LogP contribution is -2.48. The third kappa shape index (κ3) is 6.25. The number of aromatic nitrogens is 3. The van der Waals surface area contributed by atoms with Gasteiger partial charge in [0, 0.05) is 53.5 Å². The van der Waals surface area contributed by atoms with Gasteiger partial charge >= 0.3 is 0 Å². The summed E-state index contributed by atoms with van der Waals surface area (Å²) in [5, 5.41) is 5.84. The molecule has 2 N–H and O–H groups in total. The Kier molecular flexibility index (Phi) is 7.82. The predicted octanol–water partition coefficient (Wildman–Crippen LogP) is 5.41. The summed E-state index contributed by atoms with van der Waals surface area (Å²) >= 11 is 6.54. The summed E-state index contributed by atoms with van der Waals surface area (Å²) in [6, 6.07) is 14.7. The molecule has 2 heterocycles. The molecule has 2 amide bonds. The number of anilines is 1. The summed E-state index contributed by atoms with van der Waals surface area (Å²) < 4.78 is 18.1. The van der Waals surface area contributed by atoms with Crippen molar-refractivity contribution in [1.29, 1.82) is 0 Å². The highest BCUT2D eigenvalue weighted by Crippen LogP contribution is 2.40. The van der Waals surface area contributed by atoms with E-state index in [2.05, 4.69) is 15.6 Å². The van der Waals surface area contributed by atoms with Crippen LogP contribution in [0.5, 0.6) is 0 Å². The molecule has 1 atom stereocenters. The largest absolute Gasteiger partial charge is 0.341 e. The third-order valence-electron chi connectivity index (χ3n) is 7.25. The maximum absolute atomic E-state index is 14.6. The minimum Gasteiger partial charge on any atom is -0.341 e. The molecular weight excluding hydrogens is 545 g/mol. The van der Waals surface area contributed by atoms with E-state index >= 15 is 0 Å². The van der Waals surface area contributed by atoms with Crippen LogP contribution in [0.25, 0.3) is 16.8 Å². The van der Waals surface area contributed by atoms with Crippen molar-refractivity contribution in [2.45, 2.75) is 57.8 Å². The number of aryl methyl sites for hydroxylation is 1. The average Bonchev–Trinajstić information content (AvgIpc) is 3.56. The summed E-state index contributed by atoms with van der Waals surface area (Å²) in [6.45, 7) is 5.74. The number of hydrogen-bond acceptors (Lipinski definition) is 4. The van der Waals surface area contributed by atoms with Crippen LogP contribution in [0.1, 0.15) is 44.1 Å². The van der Waals surface area contributed by atoms with Gasteiger partial charge in [0.1, 0.15) is 11.9 Å². The van der Waals surface area contributed by atoms with Gasteiger partial charge in [0.2, 0.25) is 5.91 Å². The first kappa shape index (κ1) is 28.3. The Morgan fingerprint density at radius 1 is 1.07 bits per heavy atom. The van der Waals surface area contributed by atoms with E-state index in [1.165, 1.54) is 6.07 Å². The number of hydrogen-bond donors (Lipinski definition) is 2. The number of amides is 2. The zero-order valence-corrected chi connectivity index (χ0v) is 23.8. The second-order valence-electron chi connectivity index (χ2n) is 10.6. The maximum Gasteiger partial charge on any atom is 0.258 e. The van der Waals surface area contributed by atoms with Crippen molar-refractivity contribution in [3.63, 3.8) is 0 Å². The minimum atomic E-state index is -1.95. The lowest BCUT2D eigenvalue weighted by molar-refractivity contribution is -0.131. The van der Waals surface area contributed by atoms with Crippen LogP contribution < -0.4 is 16.2 Å². The quantitative estimate of drug-likeness (QED) is 0.279. The van der Waals surface area contributed by atoms with E-state index in [0.717, 1.165) is 22.6 Å². The first-order valence-corrected chi connectivity index (χ1v) is 13.8. The molecule has 2 aromatic carbocycles. The number of nitrogens with one attached hydrogen (secondary N) is 2. The molecule has 10 heteroatoms. The molecule has 0 spiro atoms. The van der Waals surface area contributed by atoms with E-state index in [-0.39, 0.29) is 30.9 Å². The number of benzene rings is 2. The SMILES string of the molecule is Cc1nccn1-c1ccc(NC(=O)[C@H](Cc2cc(-c3ccc(=O)n(C(C)C)c3)ccc2Cl)NC(=O)C2(F)CC2)cc1. The Bertz CT molecular complexity index is 1660. The molecule has 1 fully saturated rings. The fraction of sp³-hybridized carbons (Fsp3) is 0.290. The first-order chi connectivity index (χ1) is 19.5. The van der Waals surface area contributed by atoms with Gasteiger partial charge in [0.25, 0.3) is 11.5 Å². The van der Waals surface area contributed by atoms with Gasteiger partial charge in [-0.2, -0.15) is 0 Å². The molecule has 2 aromatic heterocycles. The molecule has 0 radical (unpaired) electrons. The minimum absolute atomic E-state index is 0.0222. The van der Waals surface area contributed by atoms with Gasteiger partial charge < -0.3 is 19.8 Å². The summed E-state index contributed by atoms with van der Waals surface area (Å²) in [6.07, 6.45) is 5.62. The van der Waals surface area contributed by atoms with Crippen LogP contribution >= 0.6 is 11.6 Å². The predicted molar refractivity (Wildman–Crippen MR) is 157 cm³/mol. The van der Waals surface area contributed by atoms with Gasteiger partial charge in [0.15, 0.2) is 5.67 Å². The topological polar surface area (TPSA) is 98.0 Å². The Morgan fingerprint density at radius 3 is 2.41 bits per heavy atom. The van der Waals surface area contributed by atoms with Crippen molar-refractivity contribution in [2.75, 3.05) is 5.32 Å². The number of imidazole rings is 1. The van der Waals surface area contributed by atoms with Crippen molar-refractivity contribution >= 4 is 29.1 Å². The van der Waals surface area contributed by atoms with Gasteiger partial charge in [-0.1, -0.05) is 17.7 Å². The molecule has 41 heavy (non-hydrogen) atoms. The monoisotopic (exact) mass is 575 g/mol. The van der Waals surface area contributed by atoms with Gasteiger partial charge in [-0.25, -0.2) is 9.37 Å². The number of halogens is 2. The highest BCUT2D eigenvalue weighted by molar-refractivity contribution is 6.31. The zero-order valence-electron chi connectivity index (χ0n) is 23.0. The molecular formula is C31H31ClFN5O3. The van der Waals surface area contributed by atoms with Gasteiger partial charge in [-0.15, -0.1) is 0 Å². The summed E-state index contributed by atoms with van der Waals surface area (Å²) in [5.74, 6) is -0.476. The second-order valence-corrected chi connectivity index (χ2v) is 11.0. The summed E-state index contributed by atoms with van der Waals surface area (Å²) in [7, 11) is 0. The van der Waals surface area contributed by atoms with Gasteiger partial charge in [-0.05, 0) is 92.8 Å². The number of alkyl halides is 1. The van der Waals surface area contributed by atoms with Crippen LogP contribution in [0, 0.1) is 6.92 Å². The van der Waals surface area contributed by atoms with E-state index in [0.29, 0.717) is 16.3 Å². The van der Waals surface area contributed by atoms with E-state index in [1.54, 1.807) is 41.2 Å². The Balaban J connectivity index is 1.40. The summed E-state index contributed by atoms with van der Waals surface area (Å²) in [4.78, 5) is 42.6. The van der Waals surface area contributed by atoms with Crippen molar-refractivity contribution in [3.05, 3.63) is 100.0 Å². The molecule has 4 aromatic rings. The number of carbonyl (C=O) groups is 2. The number of pyridine rings is 1. The molecule has 0 aliphatic heterocycles. The molecule has 8 nitrogen and oxygen atoms in total. The van der Waals surface area contributed by atoms with Crippen LogP contribution in [-0.4, -0.2) is 37.6 Å². The normalized spacial score (nSPS) is 14.5. The Labute approximate surface area is 242 Å². The molecule has 212 valence electrons. The maximum atomic E-state index is 14.6. The van der Waals surface area contributed by atoms with Crippen molar-refractivity contribution in [2.24, 2.45) is 0 Å². The van der Waals surface area contributed by atoms with Crippen LogP contribution in [0.15, 0.2) is 78.0 Å². The molecule has 0 saturated heterocycles. The van der Waals surface area contributed by atoms with Crippen LogP contribution in [-0.2, 0) is 16.0 Å². The molecule has 5 rings (SSSR count). The lowest BCUT2D eigenvalue weighted by Gasteiger charge is -2.21. The first-order valence-electron chi connectivity index (χ1n) is 13.5. The Hall–Kier alpha value is -4.24. The number of rotatable bonds is 9. The van der Waals surface area contributed by atoms with E-state index in [1.807, 2.05) is 55.8 Å². The van der Waals surface area contributed by atoms with Crippen molar-refractivity contribution in [1.82, 2.24) is 19.4 Å². The average molecular weight is 576 g/mol. The molecule has 0 bridgehead atoms. The second kappa shape index (κ2) is 11.3. The molecule has 0 unspecified atom stereocenters. The highest BCUT2D eigenvalue weighted by Gasteiger charge is 2.51. The fourth-order valence-corrected chi connectivity index (χ4v) is 4.82. The molecule has 1 aliphatic carbocycles. The van der Waals surface area contributed by atoms with E-state index in [9.17, 15) is 18.8 Å². The Morgan fingerprint density at radius 2 is 1.78 bits per heavy atom. The van der Waals surface area contributed by atoms with Gasteiger partial charge in [-0.3, -0.25) is 14.4 Å². The highest BCUT2D eigenvalue weighted by atomic mass is 35.5. The summed E-state index contributed by atoms with van der Waals surface area (Å²) in [5.41, 5.74) is 1.54. The fourth-order valence-electron chi connectivity index (χ4n) is 4.63. The van der Waals surface area contributed by atoms with Crippen molar-refractivity contribution < 1.29 is 14.0 Å². The number of nitrogens with zero attached hydrogens (tertiary/aromatic N) is 3. The van der Waals surface area contributed by atoms with E-state index in [4.69, 9.17) is 11.6 Å². The zero-order chi connectivity index (χ0) is 29.3. The van der Waals surface area contributed by atoms with Crippen LogP contribution in [0.4, 0.5) is 10.1 Å². The number of carbonyl (C=O) groups excluding carboxylic acids is 2. The van der Waals surface area contributed by atoms with Crippen LogP contribution in [0.2, 0.25) is 5.02 Å². The molecule has 1 saturated carbocycles. The molecule has 1 aliphatic rings. The van der Waals surface area contributed by atoms with E-state index < -0.39 is 23.5 Å². The van der Waals surface area contributed by atoms with Gasteiger partial charge in [0.05, 0.1) is 0 Å². The standard InChI is InChI=1S/C31H31ClFN5O3/c1-19(2)38-18-22(5-11-28(38)39)21-4-10-26(32)23(16-21)17-27(36-30(41)31(33)12-13-31)29(40)35-24-6-8-25(9-7-24)37-15-14-34-20(37)3/h4-11,14-16,18-19,27H,12-13,17H2,1-3H3,(H,35,40)(H,36,41)/t27-/m0/s1. The lowest BCUT2D eigenvalue weighted by atomic mass is 9.99. The third-order valence-corrected chi connectivity index (χ3v) is 7.62. The van der Waals surface area contributed by atoms with Crippen LogP contribution in [0.3, 0.4) is 0 Å².